The maximum atomic E-state index is 11.8. The highest BCUT2D eigenvalue weighted by Gasteiger charge is 2.09. The van der Waals surface area contributed by atoms with Crippen molar-refractivity contribution in [2.75, 3.05) is 0 Å². The summed E-state index contributed by atoms with van der Waals surface area (Å²) in [5.41, 5.74) is 7.16. The number of benzene rings is 1. The molecule has 0 unspecified atom stereocenters. The summed E-state index contributed by atoms with van der Waals surface area (Å²) in [5.74, 6) is -0.665. The number of hydrogen-bond donors (Lipinski definition) is 2. The van der Waals surface area contributed by atoms with Gasteiger partial charge in [-0.15, -0.1) is 0 Å². The first-order valence-corrected chi connectivity index (χ1v) is 6.39. The van der Waals surface area contributed by atoms with Crippen LogP contribution in [0.4, 0.5) is 0 Å². The molecule has 6 nitrogen and oxygen atoms in total. The molecule has 0 saturated heterocycles. The molecule has 0 aliphatic carbocycles. The summed E-state index contributed by atoms with van der Waals surface area (Å²) in [4.78, 5) is 30.8. The maximum absolute atomic E-state index is 11.8. The third kappa shape index (κ3) is 4.38. The lowest BCUT2D eigenvalue weighted by atomic mass is 10.0. The van der Waals surface area contributed by atoms with Crippen molar-refractivity contribution in [3.8, 4) is 0 Å². The SMILES string of the molecule is NC(=O)c1ccccc1[CH]CC(=O)NCc1cncnc1. The molecule has 2 amide bonds. The molecule has 0 atom stereocenters. The molecule has 0 aliphatic rings. The van der Waals surface area contributed by atoms with Crippen LogP contribution in [0.15, 0.2) is 43.0 Å². The Morgan fingerprint density at radius 3 is 2.62 bits per heavy atom. The second-order valence-electron chi connectivity index (χ2n) is 4.38. The lowest BCUT2D eigenvalue weighted by Crippen LogP contribution is -2.23. The van der Waals surface area contributed by atoms with E-state index in [9.17, 15) is 9.59 Å². The Morgan fingerprint density at radius 1 is 1.19 bits per heavy atom. The Hall–Kier alpha value is -2.76. The number of nitrogens with one attached hydrogen (secondary N) is 1. The molecule has 3 N–H and O–H groups in total. The van der Waals surface area contributed by atoms with Gasteiger partial charge < -0.3 is 11.1 Å². The van der Waals surface area contributed by atoms with Crippen LogP contribution in [0, 0.1) is 6.42 Å². The van der Waals surface area contributed by atoms with E-state index in [2.05, 4.69) is 15.3 Å². The zero-order chi connectivity index (χ0) is 15.1. The first-order chi connectivity index (χ1) is 10.2. The van der Waals surface area contributed by atoms with Crippen LogP contribution in [0.2, 0.25) is 0 Å². The number of rotatable bonds is 6. The lowest BCUT2D eigenvalue weighted by molar-refractivity contribution is -0.120. The number of primary amides is 1. The summed E-state index contributed by atoms with van der Waals surface area (Å²) in [5, 5.41) is 2.75. The van der Waals surface area contributed by atoms with Gasteiger partial charge in [-0.1, -0.05) is 18.2 Å². The van der Waals surface area contributed by atoms with Crippen molar-refractivity contribution in [2.24, 2.45) is 5.73 Å². The maximum Gasteiger partial charge on any atom is 0.248 e. The monoisotopic (exact) mass is 283 g/mol. The van der Waals surface area contributed by atoms with Crippen molar-refractivity contribution in [3.63, 3.8) is 0 Å². The molecule has 2 aromatic rings. The van der Waals surface area contributed by atoms with Crippen LogP contribution in [-0.2, 0) is 11.3 Å². The Morgan fingerprint density at radius 2 is 1.90 bits per heavy atom. The minimum Gasteiger partial charge on any atom is -0.366 e. The molecule has 1 aromatic carbocycles. The number of amides is 2. The number of nitrogens with two attached hydrogens (primary N) is 1. The molecule has 0 fully saturated rings. The van der Waals surface area contributed by atoms with Crippen molar-refractivity contribution in [3.05, 3.63) is 66.1 Å². The van der Waals surface area contributed by atoms with Crippen molar-refractivity contribution in [2.45, 2.75) is 13.0 Å². The number of nitrogens with zero attached hydrogens (tertiary/aromatic N) is 2. The Labute approximate surface area is 122 Å². The third-order valence-electron chi connectivity index (χ3n) is 2.84. The molecule has 21 heavy (non-hydrogen) atoms. The Balaban J connectivity index is 1.86. The first-order valence-electron chi connectivity index (χ1n) is 6.39. The highest BCUT2D eigenvalue weighted by atomic mass is 16.1. The molecule has 2 rings (SSSR count). The van der Waals surface area contributed by atoms with E-state index in [1.165, 1.54) is 6.33 Å². The van der Waals surface area contributed by atoms with E-state index >= 15 is 0 Å². The average Bonchev–Trinajstić information content (AvgIpc) is 2.52. The van der Waals surface area contributed by atoms with E-state index in [0.29, 0.717) is 17.7 Å². The number of carbonyl (C=O) groups is 2. The van der Waals surface area contributed by atoms with Gasteiger partial charge in [0.2, 0.25) is 11.8 Å². The van der Waals surface area contributed by atoms with Crippen molar-refractivity contribution >= 4 is 11.8 Å². The molecule has 1 aromatic heterocycles. The minimum atomic E-state index is -0.510. The summed E-state index contributed by atoms with van der Waals surface area (Å²) < 4.78 is 0. The number of aromatic nitrogens is 2. The van der Waals surface area contributed by atoms with Crippen molar-refractivity contribution < 1.29 is 9.59 Å². The van der Waals surface area contributed by atoms with Gasteiger partial charge in [-0.3, -0.25) is 9.59 Å². The molecule has 0 spiro atoms. The second kappa shape index (κ2) is 7.14. The Kier molecular flexibility index (Phi) is 4.98. The molecular weight excluding hydrogens is 268 g/mol. The van der Waals surface area contributed by atoms with Crippen LogP contribution in [0.3, 0.4) is 0 Å². The summed E-state index contributed by atoms with van der Waals surface area (Å²) in [6, 6.07) is 6.90. The largest absolute Gasteiger partial charge is 0.366 e. The van der Waals surface area contributed by atoms with Gasteiger partial charge in [0, 0.05) is 42.9 Å². The van der Waals surface area contributed by atoms with Gasteiger partial charge >= 0.3 is 0 Å². The van der Waals surface area contributed by atoms with E-state index in [1.54, 1.807) is 43.1 Å². The lowest BCUT2D eigenvalue weighted by Gasteiger charge is -2.07. The third-order valence-corrected chi connectivity index (χ3v) is 2.84. The van der Waals surface area contributed by atoms with Gasteiger partial charge in [0.15, 0.2) is 0 Å². The molecule has 107 valence electrons. The van der Waals surface area contributed by atoms with Crippen LogP contribution in [-0.4, -0.2) is 21.8 Å². The predicted octanol–water partition coefficient (Wildman–Crippen LogP) is 0.834. The van der Waals surface area contributed by atoms with E-state index < -0.39 is 5.91 Å². The van der Waals surface area contributed by atoms with Gasteiger partial charge in [-0.05, 0) is 11.6 Å². The summed E-state index contributed by atoms with van der Waals surface area (Å²) in [6.45, 7) is 0.366. The summed E-state index contributed by atoms with van der Waals surface area (Å²) in [6.07, 6.45) is 6.55. The summed E-state index contributed by atoms with van der Waals surface area (Å²) in [7, 11) is 0. The minimum absolute atomic E-state index is 0.155. The molecule has 0 aliphatic heterocycles. The highest BCUT2D eigenvalue weighted by molar-refractivity contribution is 5.95. The van der Waals surface area contributed by atoms with Crippen LogP contribution < -0.4 is 11.1 Å². The second-order valence-corrected chi connectivity index (χ2v) is 4.38. The van der Waals surface area contributed by atoms with Gasteiger partial charge in [0.05, 0.1) is 0 Å². The first kappa shape index (κ1) is 14.6. The van der Waals surface area contributed by atoms with Crippen LogP contribution in [0.25, 0.3) is 0 Å². The Bertz CT molecular complexity index is 629. The van der Waals surface area contributed by atoms with E-state index in [-0.39, 0.29) is 12.3 Å². The molecule has 6 heteroatoms. The van der Waals surface area contributed by atoms with E-state index in [0.717, 1.165) is 5.56 Å². The zero-order valence-electron chi connectivity index (χ0n) is 11.3. The average molecular weight is 283 g/mol. The topological polar surface area (TPSA) is 98.0 Å². The fraction of sp³-hybridized carbons (Fsp3) is 0.133. The van der Waals surface area contributed by atoms with Gasteiger partial charge in [-0.2, -0.15) is 0 Å². The van der Waals surface area contributed by atoms with Gasteiger partial charge in [0.25, 0.3) is 0 Å². The van der Waals surface area contributed by atoms with Crippen molar-refractivity contribution in [1.82, 2.24) is 15.3 Å². The predicted molar refractivity (Wildman–Crippen MR) is 76.9 cm³/mol. The zero-order valence-corrected chi connectivity index (χ0v) is 11.3. The molecular formula is C15H15N4O2. The van der Waals surface area contributed by atoms with E-state index in [1.807, 2.05) is 0 Å². The normalized spacial score (nSPS) is 10.1. The quantitative estimate of drug-likeness (QED) is 0.820. The van der Waals surface area contributed by atoms with Crippen LogP contribution >= 0.6 is 0 Å². The fourth-order valence-electron chi connectivity index (χ4n) is 1.80. The van der Waals surface area contributed by atoms with Crippen molar-refractivity contribution in [1.29, 1.82) is 0 Å². The van der Waals surface area contributed by atoms with Crippen LogP contribution in [0.5, 0.6) is 0 Å². The molecule has 0 bridgehead atoms. The van der Waals surface area contributed by atoms with Gasteiger partial charge in [-0.25, -0.2) is 9.97 Å². The van der Waals surface area contributed by atoms with Gasteiger partial charge in [0.1, 0.15) is 6.33 Å². The standard InChI is InChI=1S/C15H15N4O2/c16-15(21)13-4-2-1-3-12(13)5-6-14(20)19-9-11-7-17-10-18-8-11/h1-5,7-8,10H,6,9H2,(H2,16,21)(H,19,20). The molecule has 1 radical (unpaired) electrons. The smallest absolute Gasteiger partial charge is 0.248 e. The fourth-order valence-corrected chi connectivity index (χ4v) is 1.80. The molecule has 0 saturated carbocycles. The summed E-state index contributed by atoms with van der Waals surface area (Å²) >= 11 is 0. The highest BCUT2D eigenvalue weighted by Crippen LogP contribution is 2.12. The number of hydrogen-bond acceptors (Lipinski definition) is 4. The molecule has 1 heterocycles. The van der Waals surface area contributed by atoms with E-state index in [4.69, 9.17) is 5.73 Å². The van der Waals surface area contributed by atoms with Crippen LogP contribution in [0.1, 0.15) is 27.9 Å². The number of carbonyl (C=O) groups excluding carboxylic acids is 2.